The van der Waals surface area contributed by atoms with Gasteiger partial charge in [0.05, 0.1) is 5.56 Å². The van der Waals surface area contributed by atoms with E-state index >= 15 is 0 Å². The third kappa shape index (κ3) is 2.73. The summed E-state index contributed by atoms with van der Waals surface area (Å²) in [5.74, 6) is 1.40. The molecule has 6 heteroatoms. The summed E-state index contributed by atoms with van der Waals surface area (Å²) in [7, 11) is 0. The Morgan fingerprint density at radius 3 is 2.88 bits per heavy atom. The number of hydrogen-bond acceptors (Lipinski definition) is 5. The molecule has 122 valence electrons. The van der Waals surface area contributed by atoms with Crippen LogP contribution in [0.5, 0.6) is 11.5 Å². The highest BCUT2D eigenvalue weighted by atomic mass is 16.7. The minimum absolute atomic E-state index is 0.224. The van der Waals surface area contributed by atoms with Crippen molar-refractivity contribution in [2.75, 3.05) is 6.79 Å². The molecule has 3 aromatic rings. The van der Waals surface area contributed by atoms with Crippen LogP contribution in [-0.2, 0) is 6.54 Å². The van der Waals surface area contributed by atoms with Crippen LogP contribution in [0.2, 0.25) is 0 Å². The maximum absolute atomic E-state index is 12.1. The maximum atomic E-state index is 12.1. The van der Waals surface area contributed by atoms with Crippen molar-refractivity contribution in [2.24, 2.45) is 0 Å². The lowest BCUT2D eigenvalue weighted by Crippen LogP contribution is -2.26. The highest BCUT2D eigenvalue weighted by molar-refractivity contribution is 5.78. The van der Waals surface area contributed by atoms with E-state index in [1.165, 1.54) is 0 Å². The van der Waals surface area contributed by atoms with E-state index in [1.54, 1.807) is 6.07 Å². The number of benzene rings is 2. The van der Waals surface area contributed by atoms with Gasteiger partial charge in [-0.1, -0.05) is 24.3 Å². The zero-order valence-corrected chi connectivity index (χ0v) is 12.8. The monoisotopic (exact) mass is 324 g/mol. The van der Waals surface area contributed by atoms with Crippen molar-refractivity contribution in [1.82, 2.24) is 10.3 Å². The molecular weight excluding hydrogens is 308 g/mol. The minimum atomic E-state index is -1.07. The molecule has 6 nitrogen and oxygen atoms in total. The first-order valence-electron chi connectivity index (χ1n) is 7.63. The van der Waals surface area contributed by atoms with E-state index in [0.717, 1.165) is 16.5 Å². The highest BCUT2D eigenvalue weighted by Gasteiger charge is 2.15. The van der Waals surface area contributed by atoms with Crippen LogP contribution < -0.4 is 20.3 Å². The summed E-state index contributed by atoms with van der Waals surface area (Å²) in [6.45, 7) is 0.616. The topological polar surface area (TPSA) is 83.6 Å². The van der Waals surface area contributed by atoms with E-state index in [-0.39, 0.29) is 17.9 Å². The Morgan fingerprint density at radius 2 is 1.96 bits per heavy atom. The second-order valence-electron chi connectivity index (χ2n) is 5.61. The number of aromatic nitrogens is 1. The molecule has 1 atom stereocenters. The van der Waals surface area contributed by atoms with Gasteiger partial charge in [0, 0.05) is 12.1 Å². The molecular formula is C18H16N2O4. The SMILES string of the molecule is O=c1[nH]c2ccccc2cc1C(O)NCc1ccc2c(c1)OCO2. The van der Waals surface area contributed by atoms with E-state index < -0.39 is 6.23 Å². The third-order valence-corrected chi connectivity index (χ3v) is 4.01. The lowest BCUT2D eigenvalue weighted by molar-refractivity contribution is 0.136. The lowest BCUT2D eigenvalue weighted by Gasteiger charge is -2.13. The molecule has 1 aliphatic heterocycles. The minimum Gasteiger partial charge on any atom is -0.454 e. The normalized spacial score (nSPS) is 14.0. The molecule has 2 aromatic carbocycles. The van der Waals surface area contributed by atoms with E-state index in [1.807, 2.05) is 42.5 Å². The number of H-pyrrole nitrogens is 1. The van der Waals surface area contributed by atoms with Gasteiger partial charge >= 0.3 is 0 Å². The number of fused-ring (bicyclic) bond motifs is 2. The van der Waals surface area contributed by atoms with Crippen molar-refractivity contribution in [3.05, 3.63) is 70.0 Å². The fourth-order valence-electron chi connectivity index (χ4n) is 2.74. The molecule has 4 rings (SSSR count). The molecule has 1 aromatic heterocycles. The number of aliphatic hydroxyl groups is 1. The number of pyridine rings is 1. The first-order valence-corrected chi connectivity index (χ1v) is 7.63. The Balaban J connectivity index is 1.53. The van der Waals surface area contributed by atoms with Gasteiger partial charge in [0.2, 0.25) is 6.79 Å². The van der Waals surface area contributed by atoms with Crippen LogP contribution in [0.25, 0.3) is 10.9 Å². The third-order valence-electron chi connectivity index (χ3n) is 4.01. The van der Waals surface area contributed by atoms with Crippen molar-refractivity contribution < 1.29 is 14.6 Å². The molecule has 24 heavy (non-hydrogen) atoms. The number of hydrogen-bond donors (Lipinski definition) is 3. The average Bonchev–Trinajstić information content (AvgIpc) is 3.06. The number of ether oxygens (including phenoxy) is 2. The quantitative estimate of drug-likeness (QED) is 0.640. The molecule has 0 saturated heterocycles. The maximum Gasteiger partial charge on any atom is 0.255 e. The van der Waals surface area contributed by atoms with E-state index in [2.05, 4.69) is 10.3 Å². The van der Waals surface area contributed by atoms with Gasteiger partial charge in [0.15, 0.2) is 11.5 Å². The van der Waals surface area contributed by atoms with Crippen LogP contribution in [0.1, 0.15) is 17.4 Å². The number of rotatable bonds is 4. The zero-order chi connectivity index (χ0) is 16.5. The van der Waals surface area contributed by atoms with Gasteiger partial charge < -0.3 is 19.6 Å². The predicted molar refractivity (Wildman–Crippen MR) is 88.9 cm³/mol. The van der Waals surface area contributed by atoms with E-state index in [0.29, 0.717) is 18.0 Å². The van der Waals surface area contributed by atoms with Gasteiger partial charge in [0.25, 0.3) is 5.56 Å². The molecule has 0 aliphatic carbocycles. The van der Waals surface area contributed by atoms with Crippen LogP contribution in [0.15, 0.2) is 53.3 Å². The van der Waals surface area contributed by atoms with Gasteiger partial charge in [-0.2, -0.15) is 0 Å². The van der Waals surface area contributed by atoms with Crippen molar-refractivity contribution in [3.63, 3.8) is 0 Å². The Kier molecular flexibility index (Phi) is 3.68. The summed E-state index contributed by atoms with van der Waals surface area (Å²) < 4.78 is 10.6. The Morgan fingerprint density at radius 1 is 1.12 bits per heavy atom. The van der Waals surface area contributed by atoms with Crippen LogP contribution in [-0.4, -0.2) is 16.9 Å². The second kappa shape index (κ2) is 5.99. The van der Waals surface area contributed by atoms with Crippen molar-refractivity contribution in [1.29, 1.82) is 0 Å². The molecule has 0 saturated carbocycles. The molecule has 1 aliphatic rings. The fourth-order valence-corrected chi connectivity index (χ4v) is 2.74. The number of aromatic amines is 1. The van der Waals surface area contributed by atoms with Crippen LogP contribution in [0.3, 0.4) is 0 Å². The number of nitrogens with one attached hydrogen (secondary N) is 2. The molecule has 0 bridgehead atoms. The molecule has 0 fully saturated rings. The van der Waals surface area contributed by atoms with E-state index in [4.69, 9.17) is 9.47 Å². The van der Waals surface area contributed by atoms with Crippen LogP contribution >= 0.6 is 0 Å². The van der Waals surface area contributed by atoms with Gasteiger partial charge in [0.1, 0.15) is 6.23 Å². The fraction of sp³-hybridized carbons (Fsp3) is 0.167. The molecule has 2 heterocycles. The summed E-state index contributed by atoms with van der Waals surface area (Å²) in [4.78, 5) is 14.9. The van der Waals surface area contributed by atoms with E-state index in [9.17, 15) is 9.90 Å². The lowest BCUT2D eigenvalue weighted by atomic mass is 10.1. The predicted octanol–water partition coefficient (Wildman–Crippen LogP) is 2.04. The Bertz CT molecular complexity index is 951. The Hall–Kier alpha value is -2.83. The van der Waals surface area contributed by atoms with Gasteiger partial charge in [-0.25, -0.2) is 0 Å². The molecule has 0 radical (unpaired) electrons. The van der Waals surface area contributed by atoms with Crippen LogP contribution in [0.4, 0.5) is 0 Å². The second-order valence-corrected chi connectivity index (χ2v) is 5.61. The zero-order valence-electron chi connectivity index (χ0n) is 12.8. The summed E-state index contributed by atoms with van der Waals surface area (Å²) in [5, 5.41) is 14.2. The summed E-state index contributed by atoms with van der Waals surface area (Å²) in [6.07, 6.45) is -1.07. The largest absolute Gasteiger partial charge is 0.454 e. The van der Waals surface area contributed by atoms with Crippen LogP contribution in [0, 0.1) is 0 Å². The first-order chi connectivity index (χ1) is 11.7. The highest BCUT2D eigenvalue weighted by Crippen LogP contribution is 2.32. The average molecular weight is 324 g/mol. The Labute approximate surface area is 137 Å². The molecule has 0 spiro atoms. The number of aliphatic hydroxyl groups excluding tert-OH is 1. The first kappa shape index (κ1) is 14.7. The van der Waals surface area contributed by atoms with Crippen molar-refractivity contribution >= 4 is 10.9 Å². The van der Waals surface area contributed by atoms with Gasteiger partial charge in [-0.3, -0.25) is 10.1 Å². The summed E-state index contributed by atoms with van der Waals surface area (Å²) in [5.41, 5.74) is 1.65. The standard InChI is InChI=1S/C18H16N2O4/c21-17(13-8-12-3-1-2-4-14(12)20-18(13)22)19-9-11-5-6-15-16(7-11)24-10-23-15/h1-8,17,19,21H,9-10H2,(H,20,22). The summed E-state index contributed by atoms with van der Waals surface area (Å²) in [6, 6.07) is 14.7. The molecule has 1 unspecified atom stereocenters. The smallest absolute Gasteiger partial charge is 0.255 e. The van der Waals surface area contributed by atoms with Crippen molar-refractivity contribution in [3.8, 4) is 11.5 Å². The van der Waals surface area contributed by atoms with Gasteiger partial charge in [-0.15, -0.1) is 0 Å². The molecule has 0 amide bonds. The summed E-state index contributed by atoms with van der Waals surface area (Å²) >= 11 is 0. The van der Waals surface area contributed by atoms with Crippen molar-refractivity contribution in [2.45, 2.75) is 12.8 Å². The number of para-hydroxylation sites is 1. The molecule has 3 N–H and O–H groups in total. The van der Waals surface area contributed by atoms with Gasteiger partial charge in [-0.05, 0) is 35.2 Å².